The van der Waals surface area contributed by atoms with Crippen molar-refractivity contribution in [3.63, 3.8) is 0 Å². The summed E-state index contributed by atoms with van der Waals surface area (Å²) < 4.78 is 3.27. The summed E-state index contributed by atoms with van der Waals surface area (Å²) in [5, 5.41) is 12.9. The fourth-order valence-electron chi connectivity index (χ4n) is 3.03. The van der Waals surface area contributed by atoms with E-state index in [1.54, 1.807) is 26.3 Å². The van der Waals surface area contributed by atoms with Gasteiger partial charge in [0.15, 0.2) is 0 Å². The zero-order valence-corrected chi connectivity index (χ0v) is 19.4. The van der Waals surface area contributed by atoms with E-state index in [1.807, 2.05) is 25.1 Å². The topological polar surface area (TPSA) is 85.9 Å². The molecule has 0 atom stereocenters. The summed E-state index contributed by atoms with van der Waals surface area (Å²) >= 11 is 7.46. The summed E-state index contributed by atoms with van der Waals surface area (Å²) in [6, 6.07) is 10.7. The van der Waals surface area contributed by atoms with Crippen molar-refractivity contribution < 1.29 is 4.79 Å². The number of halogens is 1. The second-order valence-electron chi connectivity index (χ2n) is 7.12. The summed E-state index contributed by atoms with van der Waals surface area (Å²) in [6.07, 6.45) is 1.25. The highest BCUT2D eigenvalue weighted by Crippen LogP contribution is 2.23. The van der Waals surface area contributed by atoms with Gasteiger partial charge in [-0.2, -0.15) is 4.68 Å². The molecule has 8 nitrogen and oxygen atoms in total. The second-order valence-corrected chi connectivity index (χ2v) is 8.47. The van der Waals surface area contributed by atoms with Crippen LogP contribution in [-0.4, -0.2) is 47.9 Å². The zero-order valence-electron chi connectivity index (χ0n) is 17.8. The van der Waals surface area contributed by atoms with Gasteiger partial charge in [-0.15, -0.1) is 5.10 Å². The Morgan fingerprint density at radius 1 is 1.19 bits per heavy atom. The number of hydrogen-bond donors (Lipinski definition) is 0. The molecule has 0 saturated heterocycles. The number of thioether (sulfide) groups is 1. The SMILES string of the molecule is CCC.Cc1ccc(-n2nnnc2SCC(=O)N2CCn3c(cccc3=O)C2)cc1Cl. The highest BCUT2D eigenvalue weighted by atomic mass is 35.5. The first-order chi connectivity index (χ1) is 14.9. The van der Waals surface area contributed by atoms with Gasteiger partial charge in [0.1, 0.15) is 0 Å². The molecule has 0 aliphatic carbocycles. The molecule has 1 aliphatic rings. The first-order valence-electron chi connectivity index (χ1n) is 10.1. The first kappa shape index (κ1) is 23.0. The number of tetrazole rings is 1. The van der Waals surface area contributed by atoms with Crippen LogP contribution in [0.1, 0.15) is 31.5 Å². The van der Waals surface area contributed by atoms with E-state index in [2.05, 4.69) is 29.4 Å². The molecule has 3 aromatic rings. The van der Waals surface area contributed by atoms with E-state index in [1.165, 1.54) is 24.2 Å². The lowest BCUT2D eigenvalue weighted by molar-refractivity contribution is -0.129. The van der Waals surface area contributed by atoms with Crippen molar-refractivity contribution in [3.8, 4) is 5.69 Å². The third-order valence-electron chi connectivity index (χ3n) is 4.60. The molecule has 2 aromatic heterocycles. The van der Waals surface area contributed by atoms with Gasteiger partial charge >= 0.3 is 0 Å². The monoisotopic (exact) mass is 460 g/mol. The maximum Gasteiger partial charge on any atom is 0.250 e. The molecule has 0 radical (unpaired) electrons. The van der Waals surface area contributed by atoms with Crippen LogP contribution in [-0.2, 0) is 17.9 Å². The van der Waals surface area contributed by atoms with Crippen molar-refractivity contribution in [2.45, 2.75) is 45.4 Å². The van der Waals surface area contributed by atoms with Crippen molar-refractivity contribution in [2.75, 3.05) is 12.3 Å². The van der Waals surface area contributed by atoms with Crippen LogP contribution in [0.3, 0.4) is 0 Å². The summed E-state index contributed by atoms with van der Waals surface area (Å²) in [4.78, 5) is 26.3. The van der Waals surface area contributed by atoms with E-state index in [0.29, 0.717) is 29.8 Å². The molecule has 0 saturated carbocycles. The number of pyridine rings is 1. The molecular formula is C21H25ClN6O2S. The lowest BCUT2D eigenvalue weighted by Crippen LogP contribution is -2.42. The lowest BCUT2D eigenvalue weighted by Gasteiger charge is -2.29. The van der Waals surface area contributed by atoms with Gasteiger partial charge in [-0.25, -0.2) is 0 Å². The molecule has 1 aliphatic heterocycles. The summed E-state index contributed by atoms with van der Waals surface area (Å²) in [7, 11) is 0. The highest BCUT2D eigenvalue weighted by Gasteiger charge is 2.22. The number of nitrogens with zero attached hydrogens (tertiary/aromatic N) is 6. The largest absolute Gasteiger partial charge is 0.334 e. The van der Waals surface area contributed by atoms with Crippen molar-refractivity contribution >= 4 is 29.3 Å². The number of aromatic nitrogens is 5. The van der Waals surface area contributed by atoms with E-state index in [9.17, 15) is 9.59 Å². The van der Waals surface area contributed by atoms with Gasteiger partial charge in [-0.1, -0.05) is 55.8 Å². The number of rotatable bonds is 4. The van der Waals surface area contributed by atoms with E-state index >= 15 is 0 Å². The molecule has 1 aromatic carbocycles. The van der Waals surface area contributed by atoms with Crippen LogP contribution in [0.15, 0.2) is 46.3 Å². The van der Waals surface area contributed by atoms with E-state index in [4.69, 9.17) is 11.6 Å². The van der Waals surface area contributed by atoms with Crippen LogP contribution in [0.5, 0.6) is 0 Å². The molecule has 0 fully saturated rings. The number of aryl methyl sites for hydroxylation is 1. The predicted molar refractivity (Wildman–Crippen MR) is 122 cm³/mol. The lowest BCUT2D eigenvalue weighted by atomic mass is 10.2. The summed E-state index contributed by atoms with van der Waals surface area (Å²) in [5.41, 5.74) is 2.51. The van der Waals surface area contributed by atoms with Gasteiger partial charge in [0.25, 0.3) is 5.56 Å². The molecule has 0 N–H and O–H groups in total. The van der Waals surface area contributed by atoms with E-state index in [-0.39, 0.29) is 17.2 Å². The zero-order chi connectivity index (χ0) is 22.4. The van der Waals surface area contributed by atoms with Gasteiger partial charge in [-0.05, 0) is 41.1 Å². The Morgan fingerprint density at radius 2 is 1.97 bits per heavy atom. The van der Waals surface area contributed by atoms with E-state index in [0.717, 1.165) is 16.9 Å². The molecule has 10 heteroatoms. The third kappa shape index (κ3) is 5.54. The highest BCUT2D eigenvalue weighted by molar-refractivity contribution is 7.99. The van der Waals surface area contributed by atoms with Gasteiger partial charge in [0.05, 0.1) is 18.0 Å². The van der Waals surface area contributed by atoms with Crippen molar-refractivity contribution in [3.05, 3.63) is 63.0 Å². The van der Waals surface area contributed by atoms with Crippen molar-refractivity contribution in [1.29, 1.82) is 0 Å². The Balaban J connectivity index is 0.000000858. The summed E-state index contributed by atoms with van der Waals surface area (Å²) in [6.45, 7) is 7.61. The van der Waals surface area contributed by atoms with Gasteiger partial charge in [0, 0.05) is 29.9 Å². The van der Waals surface area contributed by atoms with Crippen LogP contribution >= 0.6 is 23.4 Å². The van der Waals surface area contributed by atoms with Crippen LogP contribution < -0.4 is 5.56 Å². The van der Waals surface area contributed by atoms with Crippen molar-refractivity contribution in [1.82, 2.24) is 29.7 Å². The molecule has 3 heterocycles. The van der Waals surface area contributed by atoms with Crippen LogP contribution in [0.4, 0.5) is 0 Å². The van der Waals surface area contributed by atoms with Crippen molar-refractivity contribution in [2.24, 2.45) is 0 Å². The van der Waals surface area contributed by atoms with Gasteiger partial charge in [0.2, 0.25) is 11.1 Å². The maximum atomic E-state index is 12.7. The molecule has 0 unspecified atom stereocenters. The Kier molecular flexibility index (Phi) is 7.86. The average molecular weight is 461 g/mol. The quantitative estimate of drug-likeness (QED) is 0.555. The minimum Gasteiger partial charge on any atom is -0.334 e. The smallest absolute Gasteiger partial charge is 0.250 e. The Hall–Kier alpha value is -2.65. The molecule has 31 heavy (non-hydrogen) atoms. The van der Waals surface area contributed by atoms with E-state index < -0.39 is 0 Å². The van der Waals surface area contributed by atoms with Gasteiger partial charge in [-0.3, -0.25) is 9.59 Å². The fraction of sp³-hybridized carbons (Fsp3) is 0.381. The molecule has 0 bridgehead atoms. The Labute approximate surface area is 190 Å². The fourth-order valence-corrected chi connectivity index (χ4v) is 3.99. The molecule has 0 spiro atoms. The predicted octanol–water partition coefficient (Wildman–Crippen LogP) is 3.34. The number of benzene rings is 1. The first-order valence-corrected chi connectivity index (χ1v) is 11.4. The third-order valence-corrected chi connectivity index (χ3v) is 5.92. The van der Waals surface area contributed by atoms with Crippen LogP contribution in [0, 0.1) is 6.92 Å². The second kappa shape index (κ2) is 10.6. The number of carbonyl (C=O) groups excluding carboxylic acids is 1. The minimum absolute atomic E-state index is 0.0240. The number of carbonyl (C=O) groups is 1. The Bertz CT molecular complexity index is 1110. The number of fused-ring (bicyclic) bond motifs is 1. The number of amides is 1. The normalized spacial score (nSPS) is 12.7. The number of hydrogen-bond acceptors (Lipinski definition) is 6. The van der Waals surface area contributed by atoms with Crippen LogP contribution in [0.2, 0.25) is 5.02 Å². The van der Waals surface area contributed by atoms with Crippen LogP contribution in [0.25, 0.3) is 5.69 Å². The standard InChI is InChI=1S/C18H17ClN6O2S.C3H8/c1-12-5-6-13(9-15(12)19)25-18(20-21-22-25)28-11-17(27)23-7-8-24-14(10-23)3-2-4-16(24)26;1-3-2/h2-6,9H,7-8,10-11H2,1H3;3H2,1-2H3. The molecule has 4 rings (SSSR count). The molecule has 164 valence electrons. The minimum atomic E-state index is -0.0325. The molecular weight excluding hydrogens is 436 g/mol. The molecule has 1 amide bonds. The summed E-state index contributed by atoms with van der Waals surface area (Å²) in [5.74, 6) is 0.181. The maximum absolute atomic E-state index is 12.7. The average Bonchev–Trinajstić information content (AvgIpc) is 3.23. The Morgan fingerprint density at radius 3 is 2.71 bits per heavy atom. The van der Waals surface area contributed by atoms with Gasteiger partial charge < -0.3 is 9.47 Å².